The quantitative estimate of drug-likeness (QED) is 0.270. The molecule has 7 nitrogen and oxygen atoms in total. The first-order valence-corrected chi connectivity index (χ1v) is 11.1. The standard InChI is InChI=1S/C25H20BrN5O2/c1-33-22-10-9-16(26)14-21(22)30-25(32)29-20-8-4-7-19-24(20)31-23(28-19)13-15-11-12-27-18-6-3-2-5-17(15)18/h2-12,14H,13H2,1H3,(H,28,31)(H2,29,30,32). The van der Waals surface area contributed by atoms with Gasteiger partial charge >= 0.3 is 6.03 Å². The molecular formula is C25H20BrN5O2. The molecule has 0 saturated heterocycles. The van der Waals surface area contributed by atoms with E-state index in [1.54, 1.807) is 19.2 Å². The van der Waals surface area contributed by atoms with Crippen LogP contribution in [0.1, 0.15) is 11.4 Å². The summed E-state index contributed by atoms with van der Waals surface area (Å²) in [4.78, 5) is 25.3. The average molecular weight is 502 g/mol. The van der Waals surface area contributed by atoms with Gasteiger partial charge in [-0.3, -0.25) is 4.98 Å². The molecule has 0 aliphatic carbocycles. The Morgan fingerprint density at radius 3 is 2.76 bits per heavy atom. The van der Waals surface area contributed by atoms with Gasteiger partial charge in [0.25, 0.3) is 0 Å². The highest BCUT2D eigenvalue weighted by Crippen LogP contribution is 2.29. The Hall–Kier alpha value is -3.91. The number of fused-ring (bicyclic) bond motifs is 2. The molecule has 164 valence electrons. The summed E-state index contributed by atoms with van der Waals surface area (Å²) < 4.78 is 6.16. The maximum absolute atomic E-state index is 12.7. The molecule has 2 heterocycles. The van der Waals surface area contributed by atoms with Crippen LogP contribution in [0.25, 0.3) is 21.9 Å². The predicted octanol–water partition coefficient (Wildman–Crippen LogP) is 6.12. The fraction of sp³-hybridized carbons (Fsp3) is 0.0800. The number of halogens is 1. The summed E-state index contributed by atoms with van der Waals surface area (Å²) in [5, 5.41) is 6.83. The first-order valence-electron chi connectivity index (χ1n) is 10.3. The minimum absolute atomic E-state index is 0.386. The number of rotatable bonds is 5. The van der Waals surface area contributed by atoms with Crippen molar-refractivity contribution < 1.29 is 9.53 Å². The molecule has 0 aliphatic heterocycles. The fourth-order valence-corrected chi connectivity index (χ4v) is 4.17. The molecule has 0 unspecified atom stereocenters. The number of carbonyl (C=O) groups is 1. The molecule has 3 aromatic carbocycles. The number of carbonyl (C=O) groups excluding carboxylic acids is 1. The van der Waals surface area contributed by atoms with Gasteiger partial charge in [-0.05, 0) is 48.0 Å². The van der Waals surface area contributed by atoms with Crippen molar-refractivity contribution in [1.29, 1.82) is 0 Å². The van der Waals surface area contributed by atoms with Crippen LogP contribution in [0.3, 0.4) is 0 Å². The molecule has 2 amide bonds. The molecule has 5 rings (SSSR count). The van der Waals surface area contributed by atoms with Crippen molar-refractivity contribution >= 4 is 55.3 Å². The van der Waals surface area contributed by atoms with Gasteiger partial charge in [0.2, 0.25) is 0 Å². The van der Waals surface area contributed by atoms with Gasteiger partial charge in [0.15, 0.2) is 0 Å². The smallest absolute Gasteiger partial charge is 0.323 e. The second-order valence-corrected chi connectivity index (χ2v) is 8.39. The van der Waals surface area contributed by atoms with Gasteiger partial charge in [-0.25, -0.2) is 9.78 Å². The third-order valence-electron chi connectivity index (χ3n) is 5.32. The molecule has 33 heavy (non-hydrogen) atoms. The summed E-state index contributed by atoms with van der Waals surface area (Å²) in [5.74, 6) is 1.38. The van der Waals surface area contributed by atoms with E-state index in [4.69, 9.17) is 9.72 Å². The van der Waals surface area contributed by atoms with Crippen molar-refractivity contribution in [2.75, 3.05) is 17.7 Å². The van der Waals surface area contributed by atoms with E-state index in [0.29, 0.717) is 29.1 Å². The van der Waals surface area contributed by atoms with Crippen molar-refractivity contribution in [2.45, 2.75) is 6.42 Å². The molecule has 0 spiro atoms. The molecule has 0 fully saturated rings. The van der Waals surface area contributed by atoms with Gasteiger partial charge in [-0.15, -0.1) is 0 Å². The maximum Gasteiger partial charge on any atom is 0.323 e. The van der Waals surface area contributed by atoms with Crippen molar-refractivity contribution in [3.8, 4) is 5.75 Å². The number of ether oxygens (including phenoxy) is 1. The minimum atomic E-state index is -0.386. The highest BCUT2D eigenvalue weighted by Gasteiger charge is 2.13. The zero-order valence-corrected chi connectivity index (χ0v) is 19.3. The molecule has 5 aromatic rings. The van der Waals surface area contributed by atoms with Crippen LogP contribution < -0.4 is 15.4 Å². The van der Waals surface area contributed by atoms with Crippen molar-refractivity contribution in [3.63, 3.8) is 0 Å². The first-order chi connectivity index (χ1) is 16.1. The van der Waals surface area contributed by atoms with Gasteiger partial charge in [0.05, 0.1) is 29.5 Å². The minimum Gasteiger partial charge on any atom is -0.495 e. The number of methoxy groups -OCH3 is 1. The number of hydrogen-bond acceptors (Lipinski definition) is 4. The number of amides is 2. The number of H-pyrrole nitrogens is 1. The Morgan fingerprint density at radius 2 is 1.88 bits per heavy atom. The van der Waals surface area contributed by atoms with E-state index in [1.807, 2.05) is 54.7 Å². The van der Waals surface area contributed by atoms with Crippen molar-refractivity contribution in [3.05, 3.63) is 88.8 Å². The normalized spacial score (nSPS) is 11.0. The van der Waals surface area contributed by atoms with Crippen LogP contribution in [0, 0.1) is 0 Å². The van der Waals surface area contributed by atoms with E-state index in [-0.39, 0.29) is 6.03 Å². The molecule has 0 atom stereocenters. The first kappa shape index (κ1) is 21.0. The van der Waals surface area contributed by atoms with Crippen LogP contribution in [-0.4, -0.2) is 28.1 Å². The number of aromatic nitrogens is 3. The summed E-state index contributed by atoms with van der Waals surface area (Å²) in [5.41, 5.74) is 4.80. The van der Waals surface area contributed by atoms with Gasteiger partial charge in [-0.1, -0.05) is 40.2 Å². The largest absolute Gasteiger partial charge is 0.495 e. The van der Waals surface area contributed by atoms with E-state index < -0.39 is 0 Å². The number of aromatic amines is 1. The summed E-state index contributed by atoms with van der Waals surface area (Å²) in [7, 11) is 1.56. The molecular weight excluding hydrogens is 482 g/mol. The van der Waals surface area contributed by atoms with Gasteiger partial charge in [0, 0.05) is 22.5 Å². The van der Waals surface area contributed by atoms with Crippen molar-refractivity contribution in [1.82, 2.24) is 15.0 Å². The Bertz CT molecular complexity index is 1480. The summed E-state index contributed by atoms with van der Waals surface area (Å²) in [6, 6.07) is 20.7. The molecule has 8 heteroatoms. The van der Waals surface area contributed by atoms with E-state index >= 15 is 0 Å². The van der Waals surface area contributed by atoms with Crippen molar-refractivity contribution in [2.24, 2.45) is 0 Å². The van der Waals surface area contributed by atoms with E-state index in [2.05, 4.69) is 42.6 Å². The molecule has 2 aromatic heterocycles. The van der Waals surface area contributed by atoms with Crippen LogP contribution in [0.4, 0.5) is 16.2 Å². The zero-order chi connectivity index (χ0) is 22.8. The Morgan fingerprint density at radius 1 is 1.03 bits per heavy atom. The SMILES string of the molecule is COc1ccc(Br)cc1NC(=O)Nc1cccc2[nH]c(Cc3ccnc4ccccc34)nc12. The van der Waals surface area contributed by atoms with Gasteiger partial charge < -0.3 is 20.4 Å². The van der Waals surface area contributed by atoms with Crippen LogP contribution in [0.2, 0.25) is 0 Å². The maximum atomic E-state index is 12.7. The number of nitrogens with one attached hydrogen (secondary N) is 3. The third kappa shape index (κ3) is 4.38. The fourth-order valence-electron chi connectivity index (χ4n) is 3.81. The second-order valence-electron chi connectivity index (χ2n) is 7.47. The summed E-state index contributed by atoms with van der Waals surface area (Å²) >= 11 is 3.41. The number of nitrogens with zero attached hydrogens (tertiary/aromatic N) is 2. The average Bonchev–Trinajstić information content (AvgIpc) is 3.23. The summed E-state index contributed by atoms with van der Waals surface area (Å²) in [6.07, 6.45) is 2.44. The lowest BCUT2D eigenvalue weighted by molar-refractivity contribution is 0.262. The summed E-state index contributed by atoms with van der Waals surface area (Å²) in [6.45, 7) is 0. The highest BCUT2D eigenvalue weighted by molar-refractivity contribution is 9.10. The molecule has 0 radical (unpaired) electrons. The lowest BCUT2D eigenvalue weighted by atomic mass is 10.1. The third-order valence-corrected chi connectivity index (χ3v) is 5.81. The zero-order valence-electron chi connectivity index (χ0n) is 17.7. The Labute approximate surface area is 198 Å². The van der Waals surface area contributed by atoms with Gasteiger partial charge in [-0.2, -0.15) is 0 Å². The van der Waals surface area contributed by atoms with Crippen LogP contribution >= 0.6 is 15.9 Å². The van der Waals surface area contributed by atoms with Gasteiger partial charge in [0.1, 0.15) is 17.1 Å². The topological polar surface area (TPSA) is 91.9 Å². The van der Waals surface area contributed by atoms with E-state index in [1.165, 1.54) is 0 Å². The second kappa shape index (κ2) is 8.91. The lowest BCUT2D eigenvalue weighted by Crippen LogP contribution is -2.20. The number of para-hydroxylation sites is 2. The Balaban J connectivity index is 1.40. The van der Waals surface area contributed by atoms with Crippen LogP contribution in [0.15, 0.2) is 77.4 Å². The number of anilines is 2. The number of benzene rings is 3. The number of pyridine rings is 1. The van der Waals surface area contributed by atoms with E-state index in [0.717, 1.165) is 32.3 Å². The molecule has 0 bridgehead atoms. The van der Waals surface area contributed by atoms with E-state index in [9.17, 15) is 4.79 Å². The molecule has 0 aliphatic rings. The molecule has 3 N–H and O–H groups in total. The monoisotopic (exact) mass is 501 g/mol. The number of hydrogen-bond donors (Lipinski definition) is 3. The highest BCUT2D eigenvalue weighted by atomic mass is 79.9. The van der Waals surface area contributed by atoms with Crippen LogP contribution in [-0.2, 0) is 6.42 Å². The number of urea groups is 1. The molecule has 0 saturated carbocycles. The lowest BCUT2D eigenvalue weighted by Gasteiger charge is -2.12. The number of imidazole rings is 1. The Kier molecular flexibility index (Phi) is 5.66. The van der Waals surface area contributed by atoms with Crippen LogP contribution in [0.5, 0.6) is 5.75 Å². The predicted molar refractivity (Wildman–Crippen MR) is 134 cm³/mol.